The van der Waals surface area contributed by atoms with Crippen LogP contribution in [0.5, 0.6) is 0 Å². The molecule has 0 saturated heterocycles. The SMILES string of the molecule is C=C1C(=O)[C@]23C[C@H]1C[C@@H]2[C@]1(COC(=O)CC)CCC[C@@](C)(COC(=O)CC)C1CC3=O. The van der Waals surface area contributed by atoms with Gasteiger partial charge in [-0.1, -0.05) is 33.8 Å². The van der Waals surface area contributed by atoms with Crippen LogP contribution in [0.15, 0.2) is 12.2 Å². The molecule has 0 radical (unpaired) electrons. The summed E-state index contributed by atoms with van der Waals surface area (Å²) in [7, 11) is 0. The van der Waals surface area contributed by atoms with Crippen LogP contribution in [0.2, 0.25) is 0 Å². The number of fused-ring (bicyclic) bond motifs is 3. The largest absolute Gasteiger partial charge is 0.465 e. The van der Waals surface area contributed by atoms with Gasteiger partial charge in [-0.15, -0.1) is 0 Å². The van der Waals surface area contributed by atoms with E-state index in [1.54, 1.807) is 13.8 Å². The Bertz CT molecular complexity index is 845. The van der Waals surface area contributed by atoms with Crippen LogP contribution >= 0.6 is 0 Å². The Labute approximate surface area is 184 Å². The Morgan fingerprint density at radius 3 is 2.29 bits per heavy atom. The molecule has 0 amide bonds. The van der Waals surface area contributed by atoms with E-state index in [4.69, 9.17) is 9.47 Å². The van der Waals surface area contributed by atoms with Crippen molar-refractivity contribution in [2.45, 2.75) is 72.1 Å². The molecule has 1 spiro atoms. The summed E-state index contributed by atoms with van der Waals surface area (Å²) in [5, 5.41) is 0. The highest BCUT2D eigenvalue weighted by molar-refractivity contribution is 6.18. The summed E-state index contributed by atoms with van der Waals surface area (Å²) in [6, 6.07) is 0. The molecule has 0 aromatic rings. The minimum absolute atomic E-state index is 0.0148. The highest BCUT2D eigenvalue weighted by Gasteiger charge is 2.74. The Morgan fingerprint density at radius 1 is 1.03 bits per heavy atom. The fourth-order valence-corrected chi connectivity index (χ4v) is 7.46. The number of rotatable bonds is 6. The second-order valence-electron chi connectivity index (χ2n) is 10.5. The molecule has 0 heterocycles. The van der Waals surface area contributed by atoms with Crippen LogP contribution in [-0.2, 0) is 28.7 Å². The summed E-state index contributed by atoms with van der Waals surface area (Å²) in [5.74, 6) is -0.761. The number of ketones is 2. The van der Waals surface area contributed by atoms with Gasteiger partial charge in [-0.25, -0.2) is 0 Å². The molecule has 4 saturated carbocycles. The third-order valence-electron chi connectivity index (χ3n) is 9.02. The van der Waals surface area contributed by atoms with Crippen molar-refractivity contribution in [1.29, 1.82) is 0 Å². The molecule has 6 atom stereocenters. The maximum absolute atomic E-state index is 13.6. The van der Waals surface area contributed by atoms with E-state index < -0.39 is 10.8 Å². The molecular weight excluding hydrogens is 396 g/mol. The van der Waals surface area contributed by atoms with Gasteiger partial charge in [0.1, 0.15) is 5.78 Å². The molecule has 0 aliphatic heterocycles. The molecule has 170 valence electrons. The maximum atomic E-state index is 13.6. The van der Waals surface area contributed by atoms with Crippen LogP contribution in [0.25, 0.3) is 0 Å². The van der Waals surface area contributed by atoms with E-state index in [9.17, 15) is 19.2 Å². The minimum Gasteiger partial charge on any atom is -0.465 e. The average Bonchev–Trinajstić information content (AvgIpc) is 3.28. The van der Waals surface area contributed by atoms with Crippen molar-refractivity contribution in [3.8, 4) is 0 Å². The van der Waals surface area contributed by atoms with Gasteiger partial charge < -0.3 is 9.47 Å². The molecular formula is C25H34O6. The van der Waals surface area contributed by atoms with Gasteiger partial charge in [-0.05, 0) is 49.0 Å². The Kier molecular flexibility index (Phi) is 5.42. The molecule has 4 fully saturated rings. The van der Waals surface area contributed by atoms with Crippen LogP contribution in [0.1, 0.15) is 72.1 Å². The number of ether oxygens (including phenoxy) is 2. The van der Waals surface area contributed by atoms with Crippen LogP contribution in [0, 0.1) is 34.0 Å². The van der Waals surface area contributed by atoms with E-state index in [1.165, 1.54) is 0 Å². The minimum atomic E-state index is -0.991. The zero-order chi connectivity index (χ0) is 22.6. The second kappa shape index (κ2) is 7.56. The fourth-order valence-electron chi connectivity index (χ4n) is 7.46. The maximum Gasteiger partial charge on any atom is 0.305 e. The highest BCUT2D eigenvalue weighted by atomic mass is 16.5. The lowest BCUT2D eigenvalue weighted by molar-refractivity contribution is -0.192. The van der Waals surface area contributed by atoms with Crippen LogP contribution in [0.3, 0.4) is 0 Å². The number of esters is 2. The quantitative estimate of drug-likeness (QED) is 0.362. The Morgan fingerprint density at radius 2 is 1.68 bits per heavy atom. The predicted octanol–water partition coefficient (Wildman–Crippen LogP) is 3.81. The van der Waals surface area contributed by atoms with Gasteiger partial charge in [-0.3, -0.25) is 19.2 Å². The number of carbonyl (C=O) groups is 4. The molecule has 4 aliphatic carbocycles. The number of Topliss-reactive ketones (excluding diaryl/α,β-unsaturated/α-hetero) is 2. The first-order valence-corrected chi connectivity index (χ1v) is 11.7. The zero-order valence-corrected chi connectivity index (χ0v) is 19.0. The molecule has 1 unspecified atom stereocenters. The van der Waals surface area contributed by atoms with Crippen LogP contribution < -0.4 is 0 Å². The molecule has 2 bridgehead atoms. The average molecular weight is 431 g/mol. The first kappa shape index (κ1) is 22.2. The van der Waals surface area contributed by atoms with Gasteiger partial charge >= 0.3 is 11.9 Å². The third kappa shape index (κ3) is 3.04. The van der Waals surface area contributed by atoms with Gasteiger partial charge in [0.25, 0.3) is 0 Å². The van der Waals surface area contributed by atoms with Gasteiger partial charge in [0, 0.05) is 30.1 Å². The first-order valence-electron chi connectivity index (χ1n) is 11.7. The number of hydrogen-bond donors (Lipinski definition) is 0. The monoisotopic (exact) mass is 430 g/mol. The lowest BCUT2D eigenvalue weighted by atomic mass is 9.41. The van der Waals surface area contributed by atoms with Gasteiger partial charge in [0.15, 0.2) is 5.78 Å². The summed E-state index contributed by atoms with van der Waals surface area (Å²) in [4.78, 5) is 50.9. The van der Waals surface area contributed by atoms with Crippen LogP contribution in [0.4, 0.5) is 0 Å². The Balaban J connectivity index is 1.75. The van der Waals surface area contributed by atoms with Gasteiger partial charge in [0.2, 0.25) is 0 Å². The van der Waals surface area contributed by atoms with E-state index in [1.807, 2.05) is 0 Å². The summed E-state index contributed by atoms with van der Waals surface area (Å²) < 4.78 is 11.3. The van der Waals surface area contributed by atoms with E-state index >= 15 is 0 Å². The topological polar surface area (TPSA) is 86.7 Å². The van der Waals surface area contributed by atoms with Gasteiger partial charge in [-0.2, -0.15) is 0 Å². The lowest BCUT2D eigenvalue weighted by Crippen LogP contribution is -2.64. The second-order valence-corrected chi connectivity index (χ2v) is 10.5. The van der Waals surface area contributed by atoms with Crippen LogP contribution in [-0.4, -0.2) is 36.7 Å². The van der Waals surface area contributed by atoms with Crippen molar-refractivity contribution in [2.75, 3.05) is 13.2 Å². The molecule has 6 nitrogen and oxygen atoms in total. The lowest BCUT2D eigenvalue weighted by Gasteiger charge is -2.61. The Hall–Kier alpha value is -1.98. The number of carbonyl (C=O) groups excluding carboxylic acids is 4. The molecule has 0 N–H and O–H groups in total. The van der Waals surface area contributed by atoms with E-state index in [2.05, 4.69) is 13.5 Å². The van der Waals surface area contributed by atoms with E-state index in [0.29, 0.717) is 24.8 Å². The van der Waals surface area contributed by atoms with Crippen molar-refractivity contribution in [2.24, 2.45) is 34.0 Å². The number of allylic oxidation sites excluding steroid dienone is 1. The third-order valence-corrected chi connectivity index (χ3v) is 9.02. The standard InChI is InChI=1S/C25H34O6/c1-5-20(27)30-13-23(4)8-7-9-24(14-31-21(28)6-2)17(23)11-19(26)25-12-16(10-18(24)25)15(3)22(25)29/h16-18H,3,5-14H2,1-2,4H3/t16-,17?,18-,23+,24+,25-/m1/s1. The van der Waals surface area contributed by atoms with Crippen molar-refractivity contribution in [3.05, 3.63) is 12.2 Å². The zero-order valence-electron chi connectivity index (χ0n) is 19.0. The molecule has 31 heavy (non-hydrogen) atoms. The van der Waals surface area contributed by atoms with Crippen molar-refractivity contribution < 1.29 is 28.7 Å². The predicted molar refractivity (Wildman–Crippen MR) is 113 cm³/mol. The molecule has 4 aliphatic rings. The normalized spacial score (nSPS) is 41.0. The smallest absolute Gasteiger partial charge is 0.305 e. The molecule has 4 rings (SSSR count). The molecule has 0 aromatic heterocycles. The first-order chi connectivity index (χ1) is 14.6. The van der Waals surface area contributed by atoms with Gasteiger partial charge in [0.05, 0.1) is 18.6 Å². The number of hydrogen-bond acceptors (Lipinski definition) is 6. The van der Waals surface area contributed by atoms with E-state index in [0.717, 1.165) is 25.7 Å². The molecule has 0 aromatic carbocycles. The highest BCUT2D eigenvalue weighted by Crippen LogP contribution is 2.72. The summed E-state index contributed by atoms with van der Waals surface area (Å²) in [6.45, 7) is 10.1. The van der Waals surface area contributed by atoms with Crippen molar-refractivity contribution in [1.82, 2.24) is 0 Å². The van der Waals surface area contributed by atoms with Crippen molar-refractivity contribution in [3.63, 3.8) is 0 Å². The summed E-state index contributed by atoms with van der Waals surface area (Å²) in [5.41, 5.74) is -1.23. The van der Waals surface area contributed by atoms with Crippen molar-refractivity contribution >= 4 is 23.5 Å². The fraction of sp³-hybridized carbons (Fsp3) is 0.760. The molecule has 6 heteroatoms. The summed E-state index contributed by atoms with van der Waals surface area (Å²) in [6.07, 6.45) is 4.73. The summed E-state index contributed by atoms with van der Waals surface area (Å²) >= 11 is 0. The van der Waals surface area contributed by atoms with E-state index in [-0.39, 0.29) is 66.3 Å².